The van der Waals surface area contributed by atoms with Crippen LogP contribution in [0.4, 0.5) is 4.79 Å². The van der Waals surface area contributed by atoms with E-state index in [-0.39, 0.29) is 23.6 Å². The highest BCUT2D eigenvalue weighted by Crippen LogP contribution is 2.38. The van der Waals surface area contributed by atoms with Crippen molar-refractivity contribution in [3.8, 4) is 0 Å². The number of aromatic nitrogens is 1. The van der Waals surface area contributed by atoms with Crippen LogP contribution in [0.2, 0.25) is 0 Å². The number of hydrogen-bond acceptors (Lipinski definition) is 4. The number of ether oxygens (including phenoxy) is 1. The molecule has 2 aliphatic heterocycles. The maximum absolute atomic E-state index is 12.2. The van der Waals surface area contributed by atoms with Crippen LogP contribution >= 0.6 is 0 Å². The lowest BCUT2D eigenvalue weighted by Crippen LogP contribution is -2.53. The lowest BCUT2D eigenvalue weighted by molar-refractivity contribution is -0.123. The Bertz CT molecular complexity index is 657. The van der Waals surface area contributed by atoms with Gasteiger partial charge >= 0.3 is 6.03 Å². The van der Waals surface area contributed by atoms with E-state index < -0.39 is 0 Å². The molecule has 7 nitrogen and oxygen atoms in total. The number of urea groups is 1. The van der Waals surface area contributed by atoms with Crippen molar-refractivity contribution in [3.63, 3.8) is 0 Å². The van der Waals surface area contributed by atoms with Crippen LogP contribution in [0.3, 0.4) is 0 Å². The smallest absolute Gasteiger partial charge is 0.317 e. The van der Waals surface area contributed by atoms with Gasteiger partial charge in [0, 0.05) is 50.2 Å². The molecule has 0 aromatic carbocycles. The van der Waals surface area contributed by atoms with Gasteiger partial charge in [0.05, 0.1) is 5.60 Å². The molecule has 2 saturated heterocycles. The van der Waals surface area contributed by atoms with Crippen LogP contribution in [0.15, 0.2) is 24.5 Å². The molecule has 1 spiro atoms. The van der Waals surface area contributed by atoms with Gasteiger partial charge in [-0.1, -0.05) is 0 Å². The molecule has 7 heteroatoms. The molecule has 1 aromatic heterocycles. The highest BCUT2D eigenvalue weighted by Gasteiger charge is 2.41. The summed E-state index contributed by atoms with van der Waals surface area (Å²) >= 11 is 0. The molecule has 3 heterocycles. The number of pyridine rings is 1. The van der Waals surface area contributed by atoms with Crippen molar-refractivity contribution in [2.45, 2.75) is 57.6 Å². The summed E-state index contributed by atoms with van der Waals surface area (Å²) in [5.74, 6) is 0.496. The van der Waals surface area contributed by atoms with Crippen LogP contribution < -0.4 is 10.6 Å². The molecule has 2 fully saturated rings. The van der Waals surface area contributed by atoms with Gasteiger partial charge in [-0.3, -0.25) is 9.78 Å². The van der Waals surface area contributed by atoms with E-state index in [1.165, 1.54) is 0 Å². The van der Waals surface area contributed by atoms with Crippen molar-refractivity contribution in [2.24, 2.45) is 5.92 Å². The Morgan fingerprint density at radius 2 is 2.00 bits per heavy atom. The third-order valence-corrected chi connectivity index (χ3v) is 5.75. The molecule has 1 atom stereocenters. The Morgan fingerprint density at radius 3 is 2.68 bits per heavy atom. The Balaban J connectivity index is 1.43. The summed E-state index contributed by atoms with van der Waals surface area (Å²) in [5, 5.41) is 5.98. The normalized spacial score (nSPS) is 21.5. The fourth-order valence-electron chi connectivity index (χ4n) is 4.17. The first-order valence-corrected chi connectivity index (χ1v) is 10.3. The van der Waals surface area contributed by atoms with Gasteiger partial charge in [0.25, 0.3) is 5.91 Å². The maximum atomic E-state index is 12.2. The molecule has 2 aliphatic rings. The molecular formula is C21H32N4O3. The highest BCUT2D eigenvalue weighted by molar-refractivity contribution is 5.93. The van der Waals surface area contributed by atoms with Crippen molar-refractivity contribution in [3.05, 3.63) is 30.1 Å². The zero-order valence-corrected chi connectivity index (χ0v) is 16.9. The molecule has 2 N–H and O–H groups in total. The van der Waals surface area contributed by atoms with Crippen LogP contribution in [0.5, 0.6) is 0 Å². The second-order valence-corrected chi connectivity index (χ2v) is 8.26. The van der Waals surface area contributed by atoms with Crippen molar-refractivity contribution >= 4 is 11.9 Å². The number of nitrogens with one attached hydrogen (secondary N) is 2. The number of nitrogens with zero attached hydrogens (tertiary/aromatic N) is 2. The molecule has 0 saturated carbocycles. The fraction of sp³-hybridized carbons (Fsp3) is 0.667. The average Bonchev–Trinajstić information content (AvgIpc) is 2.69. The van der Waals surface area contributed by atoms with Crippen molar-refractivity contribution in [2.75, 3.05) is 26.2 Å². The zero-order chi connectivity index (χ0) is 20.0. The van der Waals surface area contributed by atoms with Gasteiger partial charge in [-0.05, 0) is 64.0 Å². The first-order chi connectivity index (χ1) is 13.5. The van der Waals surface area contributed by atoms with Crippen LogP contribution in [0, 0.1) is 5.92 Å². The summed E-state index contributed by atoms with van der Waals surface area (Å²) in [6, 6.07) is 3.63. The quantitative estimate of drug-likeness (QED) is 0.812. The van der Waals surface area contributed by atoms with Crippen LogP contribution in [-0.4, -0.2) is 59.7 Å². The molecule has 154 valence electrons. The Hall–Kier alpha value is -2.15. The van der Waals surface area contributed by atoms with E-state index in [1.807, 2.05) is 18.7 Å². The topological polar surface area (TPSA) is 83.6 Å². The van der Waals surface area contributed by atoms with Gasteiger partial charge < -0.3 is 20.3 Å². The van der Waals surface area contributed by atoms with E-state index in [0.29, 0.717) is 18.0 Å². The molecule has 1 unspecified atom stereocenters. The summed E-state index contributed by atoms with van der Waals surface area (Å²) in [6.45, 7) is 6.87. The molecule has 0 bridgehead atoms. The van der Waals surface area contributed by atoms with E-state index in [1.54, 1.807) is 24.5 Å². The number of hydrogen-bond donors (Lipinski definition) is 2. The number of piperidine rings is 1. The van der Waals surface area contributed by atoms with Crippen LogP contribution in [0.25, 0.3) is 0 Å². The largest absolute Gasteiger partial charge is 0.375 e. The van der Waals surface area contributed by atoms with E-state index in [9.17, 15) is 9.59 Å². The second kappa shape index (κ2) is 9.37. The molecule has 3 rings (SSSR count). The first kappa shape index (κ1) is 20.6. The number of carbonyl (C=O) groups excluding carboxylic acids is 2. The van der Waals surface area contributed by atoms with Gasteiger partial charge in [-0.2, -0.15) is 0 Å². The zero-order valence-electron chi connectivity index (χ0n) is 16.9. The first-order valence-electron chi connectivity index (χ1n) is 10.3. The fourth-order valence-corrected chi connectivity index (χ4v) is 4.17. The summed E-state index contributed by atoms with van der Waals surface area (Å²) < 4.78 is 6.19. The third kappa shape index (κ3) is 5.44. The maximum Gasteiger partial charge on any atom is 0.317 e. The Labute approximate surface area is 167 Å². The van der Waals surface area contributed by atoms with Gasteiger partial charge in [-0.25, -0.2) is 4.79 Å². The number of likely N-dealkylation sites (tertiary alicyclic amines) is 1. The van der Waals surface area contributed by atoms with E-state index in [4.69, 9.17) is 4.74 Å². The van der Waals surface area contributed by atoms with Gasteiger partial charge in [0.2, 0.25) is 0 Å². The Kier molecular flexibility index (Phi) is 6.88. The van der Waals surface area contributed by atoms with Gasteiger partial charge in [0.1, 0.15) is 0 Å². The monoisotopic (exact) mass is 388 g/mol. The molecule has 3 amide bonds. The molecule has 0 radical (unpaired) electrons. The lowest BCUT2D eigenvalue weighted by Gasteiger charge is -2.46. The predicted octanol–water partition coefficient (Wildman–Crippen LogP) is 2.58. The van der Waals surface area contributed by atoms with E-state index in [0.717, 1.165) is 51.8 Å². The SMILES string of the molecule is CC(C)NC(=O)N1CCC2(CC1)CC(CCNC(=O)c1ccncc1)CCO2. The lowest BCUT2D eigenvalue weighted by atomic mass is 9.78. The average molecular weight is 389 g/mol. The number of amides is 3. The highest BCUT2D eigenvalue weighted by atomic mass is 16.5. The number of carbonyl (C=O) groups is 2. The minimum Gasteiger partial charge on any atom is -0.375 e. The minimum atomic E-state index is -0.105. The molecular weight excluding hydrogens is 356 g/mol. The summed E-state index contributed by atoms with van der Waals surface area (Å²) in [4.78, 5) is 30.2. The molecule has 0 aliphatic carbocycles. The number of rotatable bonds is 5. The summed E-state index contributed by atoms with van der Waals surface area (Å²) in [5.41, 5.74) is 0.539. The second-order valence-electron chi connectivity index (χ2n) is 8.26. The van der Waals surface area contributed by atoms with E-state index >= 15 is 0 Å². The van der Waals surface area contributed by atoms with Gasteiger partial charge in [-0.15, -0.1) is 0 Å². The van der Waals surface area contributed by atoms with Crippen molar-refractivity contribution in [1.29, 1.82) is 0 Å². The predicted molar refractivity (Wildman–Crippen MR) is 107 cm³/mol. The van der Waals surface area contributed by atoms with Crippen molar-refractivity contribution < 1.29 is 14.3 Å². The summed E-state index contributed by atoms with van der Waals surface area (Å²) in [7, 11) is 0. The van der Waals surface area contributed by atoms with E-state index in [2.05, 4.69) is 15.6 Å². The summed E-state index contributed by atoms with van der Waals surface area (Å²) in [6.07, 6.45) is 8.04. The van der Waals surface area contributed by atoms with Gasteiger partial charge in [0.15, 0.2) is 0 Å². The Morgan fingerprint density at radius 1 is 1.29 bits per heavy atom. The van der Waals surface area contributed by atoms with Crippen LogP contribution in [-0.2, 0) is 4.74 Å². The van der Waals surface area contributed by atoms with Crippen LogP contribution in [0.1, 0.15) is 56.3 Å². The third-order valence-electron chi connectivity index (χ3n) is 5.75. The standard InChI is InChI=1S/C21H32N4O3/c1-16(2)24-20(27)25-12-7-21(8-13-25)15-17(6-14-28-21)3-11-23-19(26)18-4-9-22-10-5-18/h4-5,9-10,16-17H,3,6-8,11-15H2,1-2H3,(H,23,26)(H,24,27). The molecule has 28 heavy (non-hydrogen) atoms. The minimum absolute atomic E-state index is 0.0241. The van der Waals surface area contributed by atoms with Crippen molar-refractivity contribution in [1.82, 2.24) is 20.5 Å². The molecule has 1 aromatic rings.